The maximum Gasteiger partial charge on any atom is 0.317 e. The number of aromatic nitrogens is 1. The summed E-state index contributed by atoms with van der Waals surface area (Å²) in [6, 6.07) is 6.11. The minimum absolute atomic E-state index is 0.0937. The number of urea groups is 1. The maximum atomic E-state index is 12.3. The molecular weight excluding hydrogens is 308 g/mol. The van der Waals surface area contributed by atoms with Gasteiger partial charge in [-0.15, -0.1) is 0 Å². The summed E-state index contributed by atoms with van der Waals surface area (Å²) in [5, 5.41) is 3.13. The summed E-state index contributed by atoms with van der Waals surface area (Å²) in [4.78, 5) is 21.0. The topological polar surface area (TPSA) is 48.5 Å². The van der Waals surface area contributed by atoms with Crippen LogP contribution in [-0.4, -0.2) is 64.0 Å². The molecule has 0 saturated carbocycles. The van der Waals surface area contributed by atoms with Crippen LogP contribution in [0.5, 0.6) is 0 Å². The lowest BCUT2D eigenvalue weighted by molar-refractivity contribution is 0.134. The number of carbonyl (C=O) groups excluding carboxylic acids is 1. The van der Waals surface area contributed by atoms with Gasteiger partial charge in [-0.3, -0.25) is 9.88 Å². The number of nitrogens with zero attached hydrogens (tertiary/aromatic N) is 3. The molecule has 6 heteroatoms. The number of hydrogen-bond donors (Lipinski definition) is 1. The van der Waals surface area contributed by atoms with Crippen LogP contribution in [-0.2, 0) is 6.54 Å². The van der Waals surface area contributed by atoms with E-state index in [4.69, 9.17) is 0 Å². The summed E-state index contributed by atoms with van der Waals surface area (Å²) >= 11 is 1.99. The summed E-state index contributed by atoms with van der Waals surface area (Å²) in [5.41, 5.74) is 1.09. The molecule has 5 nitrogen and oxygen atoms in total. The standard InChI is InChI=1S/C17H26N4OS/c1-17(6-4-12-23-17)14-19-16(22)21-10-8-20(9-11-21)13-15-5-2-3-7-18-15/h2-3,5,7H,4,6,8-14H2,1H3,(H,19,22)/t17-/m1/s1. The van der Waals surface area contributed by atoms with Crippen molar-refractivity contribution in [3.05, 3.63) is 30.1 Å². The van der Waals surface area contributed by atoms with E-state index in [1.807, 2.05) is 35.0 Å². The first kappa shape index (κ1) is 16.6. The van der Waals surface area contributed by atoms with Gasteiger partial charge in [-0.25, -0.2) is 4.79 Å². The maximum absolute atomic E-state index is 12.3. The van der Waals surface area contributed by atoms with Gasteiger partial charge in [0.1, 0.15) is 0 Å². The Kier molecular flexibility index (Phi) is 5.43. The number of piperazine rings is 1. The molecule has 126 valence electrons. The third kappa shape index (κ3) is 4.61. The third-order valence-corrected chi connectivity index (χ3v) is 6.22. The van der Waals surface area contributed by atoms with Crippen molar-refractivity contribution in [2.75, 3.05) is 38.5 Å². The molecule has 3 rings (SSSR count). The summed E-state index contributed by atoms with van der Waals surface area (Å²) in [6.07, 6.45) is 4.31. The molecule has 0 aromatic carbocycles. The van der Waals surface area contributed by atoms with E-state index < -0.39 is 0 Å². The van der Waals surface area contributed by atoms with Gasteiger partial charge in [-0.05, 0) is 37.7 Å². The molecule has 0 bridgehead atoms. The highest BCUT2D eigenvalue weighted by atomic mass is 32.2. The van der Waals surface area contributed by atoms with E-state index in [9.17, 15) is 4.79 Å². The minimum Gasteiger partial charge on any atom is -0.337 e. The van der Waals surface area contributed by atoms with Gasteiger partial charge >= 0.3 is 6.03 Å². The Morgan fingerprint density at radius 2 is 2.17 bits per heavy atom. The molecule has 1 atom stereocenters. The van der Waals surface area contributed by atoms with Gasteiger partial charge in [-0.2, -0.15) is 11.8 Å². The Labute approximate surface area is 142 Å². The molecular formula is C17H26N4OS. The lowest BCUT2D eigenvalue weighted by Gasteiger charge is -2.35. The van der Waals surface area contributed by atoms with Gasteiger partial charge in [0, 0.05) is 50.2 Å². The summed E-state index contributed by atoms with van der Waals surface area (Å²) in [7, 11) is 0. The summed E-state index contributed by atoms with van der Waals surface area (Å²) in [6.45, 7) is 7.32. The van der Waals surface area contributed by atoms with E-state index in [-0.39, 0.29) is 10.8 Å². The molecule has 1 aromatic rings. The van der Waals surface area contributed by atoms with Crippen molar-refractivity contribution in [3.8, 4) is 0 Å². The van der Waals surface area contributed by atoms with Crippen LogP contribution in [0.15, 0.2) is 24.4 Å². The number of thioether (sulfide) groups is 1. The van der Waals surface area contributed by atoms with Gasteiger partial charge in [-0.1, -0.05) is 6.07 Å². The van der Waals surface area contributed by atoms with E-state index in [0.29, 0.717) is 0 Å². The molecule has 3 heterocycles. The molecule has 2 aliphatic heterocycles. The van der Waals surface area contributed by atoms with Crippen molar-refractivity contribution in [1.82, 2.24) is 20.1 Å². The van der Waals surface area contributed by atoms with Crippen molar-refractivity contribution < 1.29 is 4.79 Å². The molecule has 2 saturated heterocycles. The Morgan fingerprint density at radius 3 is 2.83 bits per heavy atom. The first-order valence-corrected chi connectivity index (χ1v) is 9.42. The van der Waals surface area contributed by atoms with Crippen molar-refractivity contribution >= 4 is 17.8 Å². The van der Waals surface area contributed by atoms with Crippen LogP contribution in [0, 0.1) is 0 Å². The highest BCUT2D eigenvalue weighted by Crippen LogP contribution is 2.36. The van der Waals surface area contributed by atoms with Gasteiger partial charge < -0.3 is 10.2 Å². The molecule has 2 aliphatic rings. The largest absolute Gasteiger partial charge is 0.337 e. The van der Waals surface area contributed by atoms with E-state index in [1.165, 1.54) is 18.6 Å². The molecule has 0 spiro atoms. The molecule has 0 radical (unpaired) electrons. The minimum atomic E-state index is 0.0937. The molecule has 2 fully saturated rings. The van der Waals surface area contributed by atoms with Crippen molar-refractivity contribution in [1.29, 1.82) is 0 Å². The predicted molar refractivity (Wildman–Crippen MR) is 94.6 cm³/mol. The zero-order chi connectivity index (χ0) is 16.1. The number of nitrogens with one attached hydrogen (secondary N) is 1. The van der Waals surface area contributed by atoms with Gasteiger partial charge in [0.2, 0.25) is 0 Å². The molecule has 1 N–H and O–H groups in total. The molecule has 0 unspecified atom stereocenters. The number of amides is 2. The van der Waals surface area contributed by atoms with E-state index in [1.54, 1.807) is 0 Å². The second-order valence-electron chi connectivity index (χ2n) is 6.64. The average Bonchev–Trinajstić information content (AvgIpc) is 3.01. The summed E-state index contributed by atoms with van der Waals surface area (Å²) in [5.74, 6) is 1.22. The second-order valence-corrected chi connectivity index (χ2v) is 8.33. The van der Waals surface area contributed by atoms with Crippen molar-refractivity contribution in [2.45, 2.75) is 31.1 Å². The zero-order valence-corrected chi connectivity index (χ0v) is 14.6. The van der Waals surface area contributed by atoms with Crippen molar-refractivity contribution in [3.63, 3.8) is 0 Å². The lowest BCUT2D eigenvalue weighted by Crippen LogP contribution is -2.53. The first-order chi connectivity index (χ1) is 11.1. The highest BCUT2D eigenvalue weighted by Gasteiger charge is 2.30. The quantitative estimate of drug-likeness (QED) is 0.917. The lowest BCUT2D eigenvalue weighted by atomic mass is 10.1. The Morgan fingerprint density at radius 1 is 1.35 bits per heavy atom. The van der Waals surface area contributed by atoms with Crippen LogP contribution < -0.4 is 5.32 Å². The van der Waals surface area contributed by atoms with Gasteiger partial charge in [0.15, 0.2) is 0 Å². The normalized spacial score (nSPS) is 25.5. The SMILES string of the molecule is C[C@]1(CNC(=O)N2CCN(Cc3ccccn3)CC2)CCCS1. The van der Waals surface area contributed by atoms with E-state index in [2.05, 4.69) is 28.2 Å². The van der Waals surface area contributed by atoms with Crippen molar-refractivity contribution in [2.24, 2.45) is 0 Å². The predicted octanol–water partition coefficient (Wildman–Crippen LogP) is 2.19. The smallest absolute Gasteiger partial charge is 0.317 e. The zero-order valence-electron chi connectivity index (χ0n) is 13.8. The fourth-order valence-electron chi connectivity index (χ4n) is 3.18. The van der Waals surface area contributed by atoms with Gasteiger partial charge in [0.25, 0.3) is 0 Å². The van der Waals surface area contributed by atoms with Crippen LogP contribution in [0.4, 0.5) is 4.79 Å². The number of carbonyl (C=O) groups is 1. The summed E-state index contributed by atoms with van der Waals surface area (Å²) < 4.78 is 0.233. The van der Waals surface area contributed by atoms with Crippen LogP contribution in [0.25, 0.3) is 0 Å². The third-order valence-electron chi connectivity index (χ3n) is 4.69. The number of hydrogen-bond acceptors (Lipinski definition) is 4. The van der Waals surface area contributed by atoms with Crippen LogP contribution >= 0.6 is 11.8 Å². The Bertz CT molecular complexity index is 511. The molecule has 23 heavy (non-hydrogen) atoms. The monoisotopic (exact) mass is 334 g/mol. The van der Waals surface area contributed by atoms with Crippen LogP contribution in [0.3, 0.4) is 0 Å². The Balaban J connectivity index is 1.40. The van der Waals surface area contributed by atoms with E-state index >= 15 is 0 Å². The molecule has 1 aromatic heterocycles. The molecule has 2 amide bonds. The number of rotatable bonds is 4. The average molecular weight is 334 g/mol. The Hall–Kier alpha value is -1.27. The fraction of sp³-hybridized carbons (Fsp3) is 0.647. The number of pyridine rings is 1. The highest BCUT2D eigenvalue weighted by molar-refractivity contribution is 8.00. The van der Waals surface area contributed by atoms with Gasteiger partial charge in [0.05, 0.1) is 5.69 Å². The molecule has 0 aliphatic carbocycles. The second kappa shape index (κ2) is 7.53. The van der Waals surface area contributed by atoms with Crippen LogP contribution in [0.1, 0.15) is 25.5 Å². The van der Waals surface area contributed by atoms with Crippen LogP contribution in [0.2, 0.25) is 0 Å². The fourth-order valence-corrected chi connectivity index (χ4v) is 4.42. The first-order valence-electron chi connectivity index (χ1n) is 8.44. The van der Waals surface area contributed by atoms with E-state index in [0.717, 1.165) is 45.0 Å².